The second-order valence-electron chi connectivity index (χ2n) is 6.97. The van der Waals surface area contributed by atoms with Crippen molar-refractivity contribution in [2.24, 2.45) is 0 Å². The highest BCUT2D eigenvalue weighted by molar-refractivity contribution is 7.93. The van der Waals surface area contributed by atoms with Gasteiger partial charge in [0.15, 0.2) is 0 Å². The van der Waals surface area contributed by atoms with Gasteiger partial charge in [-0.15, -0.1) is 0 Å². The Bertz CT molecular complexity index is 1320. The van der Waals surface area contributed by atoms with E-state index in [1.54, 1.807) is 13.0 Å². The van der Waals surface area contributed by atoms with Crippen molar-refractivity contribution in [1.29, 1.82) is 0 Å². The molecule has 0 heterocycles. The van der Waals surface area contributed by atoms with Crippen LogP contribution >= 0.6 is 0 Å². The van der Waals surface area contributed by atoms with Crippen LogP contribution in [-0.4, -0.2) is 30.8 Å². The summed E-state index contributed by atoms with van der Waals surface area (Å²) in [5.41, 5.74) is -2.23. The zero-order chi connectivity index (χ0) is 25.0. The highest BCUT2D eigenvalue weighted by Crippen LogP contribution is 2.33. The van der Waals surface area contributed by atoms with E-state index in [4.69, 9.17) is 4.74 Å². The van der Waals surface area contributed by atoms with Crippen LogP contribution < -0.4 is 9.04 Å². The van der Waals surface area contributed by atoms with E-state index in [-0.39, 0.29) is 16.1 Å². The van der Waals surface area contributed by atoms with E-state index in [2.05, 4.69) is 0 Å². The van der Waals surface area contributed by atoms with Crippen LogP contribution in [0.5, 0.6) is 5.75 Å². The molecule has 0 saturated carbocycles. The van der Waals surface area contributed by atoms with E-state index in [1.165, 1.54) is 55.5 Å². The van der Waals surface area contributed by atoms with Crippen molar-refractivity contribution in [1.82, 2.24) is 0 Å². The van der Waals surface area contributed by atoms with Gasteiger partial charge in [-0.1, -0.05) is 18.2 Å². The Morgan fingerprint density at radius 2 is 1.47 bits per heavy atom. The number of nitro benzene ring substituents is 2. The summed E-state index contributed by atoms with van der Waals surface area (Å²) in [5.74, 6) is -0.767. The van der Waals surface area contributed by atoms with Crippen molar-refractivity contribution < 1.29 is 27.8 Å². The number of anilines is 1. The number of amides is 1. The van der Waals surface area contributed by atoms with E-state index in [1.807, 2.05) is 0 Å². The first-order valence-electron chi connectivity index (χ1n) is 9.89. The summed E-state index contributed by atoms with van der Waals surface area (Å²) in [6, 6.07) is 14.3. The van der Waals surface area contributed by atoms with E-state index in [9.17, 15) is 33.4 Å². The number of benzene rings is 3. The van der Waals surface area contributed by atoms with Crippen molar-refractivity contribution >= 4 is 33.0 Å². The normalized spacial score (nSPS) is 11.0. The molecular formula is C22H19N3O8S. The predicted molar refractivity (Wildman–Crippen MR) is 123 cm³/mol. The van der Waals surface area contributed by atoms with Crippen molar-refractivity contribution in [3.05, 3.63) is 98.1 Å². The minimum absolute atomic E-state index is 0.0804. The lowest BCUT2D eigenvalue weighted by Gasteiger charge is -2.23. The van der Waals surface area contributed by atoms with Gasteiger partial charge in [0.2, 0.25) is 0 Å². The Morgan fingerprint density at radius 3 is 1.94 bits per heavy atom. The topological polar surface area (TPSA) is 150 Å². The van der Waals surface area contributed by atoms with Crippen LogP contribution in [0.2, 0.25) is 0 Å². The summed E-state index contributed by atoms with van der Waals surface area (Å²) in [6.45, 7) is 3.30. The average molecular weight is 485 g/mol. The third-order valence-electron chi connectivity index (χ3n) is 4.84. The first-order valence-corrected chi connectivity index (χ1v) is 11.3. The molecule has 0 fully saturated rings. The molecule has 0 unspecified atom stereocenters. The SMILES string of the molecule is CCOc1ccc(N(C(=O)c2cc([N+](=O)[O-])c(C)c([N+](=O)[O-])c2)S(=O)(=O)c2ccccc2)cc1. The number of rotatable bonds is 8. The fourth-order valence-electron chi connectivity index (χ4n) is 3.21. The second-order valence-corrected chi connectivity index (χ2v) is 8.75. The molecule has 0 aliphatic rings. The fraction of sp³-hybridized carbons (Fsp3) is 0.136. The quantitative estimate of drug-likeness (QED) is 0.339. The molecule has 0 bridgehead atoms. The summed E-state index contributed by atoms with van der Waals surface area (Å²) in [6.07, 6.45) is 0. The van der Waals surface area contributed by atoms with E-state index in [0.29, 0.717) is 16.7 Å². The number of hydrogen-bond donors (Lipinski definition) is 0. The summed E-state index contributed by atoms with van der Waals surface area (Å²) in [7, 11) is -4.50. The maximum absolute atomic E-state index is 13.5. The molecule has 0 N–H and O–H groups in total. The van der Waals surface area contributed by atoms with Gasteiger partial charge >= 0.3 is 0 Å². The molecule has 3 aromatic rings. The lowest BCUT2D eigenvalue weighted by atomic mass is 10.1. The predicted octanol–water partition coefficient (Wildman–Crippen LogP) is 4.25. The second kappa shape index (κ2) is 9.67. The zero-order valence-corrected chi connectivity index (χ0v) is 18.9. The highest BCUT2D eigenvalue weighted by Gasteiger charge is 2.34. The van der Waals surface area contributed by atoms with Crippen molar-refractivity contribution in [2.45, 2.75) is 18.7 Å². The molecule has 0 radical (unpaired) electrons. The van der Waals surface area contributed by atoms with Crippen molar-refractivity contribution in [3.63, 3.8) is 0 Å². The molecule has 0 atom stereocenters. The number of ether oxygens (including phenoxy) is 1. The molecule has 12 heteroatoms. The maximum atomic E-state index is 13.5. The Kier molecular flexibility index (Phi) is 6.92. The van der Waals surface area contributed by atoms with Crippen LogP contribution in [-0.2, 0) is 10.0 Å². The first-order chi connectivity index (χ1) is 16.1. The van der Waals surface area contributed by atoms with Crippen molar-refractivity contribution in [3.8, 4) is 5.75 Å². The maximum Gasteiger partial charge on any atom is 0.279 e. The van der Waals surface area contributed by atoms with Gasteiger partial charge in [0.05, 0.1) is 32.6 Å². The molecule has 3 aromatic carbocycles. The number of carbonyl (C=O) groups excluding carboxylic acids is 1. The Labute approximate surface area is 194 Å². The summed E-state index contributed by atoms with van der Waals surface area (Å²) >= 11 is 0. The van der Waals surface area contributed by atoms with E-state index >= 15 is 0 Å². The number of hydrogen-bond acceptors (Lipinski definition) is 8. The van der Waals surface area contributed by atoms with Crippen LogP contribution in [0.15, 0.2) is 71.6 Å². The number of nitrogens with zero attached hydrogens (tertiary/aromatic N) is 3. The summed E-state index contributed by atoms with van der Waals surface area (Å²) < 4.78 is 32.7. The minimum Gasteiger partial charge on any atom is -0.494 e. The van der Waals surface area contributed by atoms with Gasteiger partial charge in [0.1, 0.15) is 11.3 Å². The van der Waals surface area contributed by atoms with Gasteiger partial charge in [0, 0.05) is 12.1 Å². The van der Waals surface area contributed by atoms with Gasteiger partial charge < -0.3 is 4.74 Å². The third-order valence-corrected chi connectivity index (χ3v) is 6.57. The monoisotopic (exact) mass is 485 g/mol. The van der Waals surface area contributed by atoms with Crippen LogP contribution in [0, 0.1) is 27.2 Å². The molecular weight excluding hydrogens is 466 g/mol. The van der Waals surface area contributed by atoms with E-state index < -0.39 is 42.7 Å². The Hall–Kier alpha value is -4.32. The molecule has 34 heavy (non-hydrogen) atoms. The fourth-order valence-corrected chi connectivity index (χ4v) is 4.65. The average Bonchev–Trinajstić information content (AvgIpc) is 2.80. The number of nitro groups is 2. The van der Waals surface area contributed by atoms with Gasteiger partial charge in [-0.25, -0.2) is 8.42 Å². The summed E-state index contributed by atoms with van der Waals surface area (Å²) in [5, 5.41) is 22.9. The molecule has 176 valence electrons. The Morgan fingerprint density at radius 1 is 0.941 bits per heavy atom. The number of sulfonamides is 1. The van der Waals surface area contributed by atoms with Gasteiger partial charge in [-0.2, -0.15) is 4.31 Å². The molecule has 1 amide bonds. The van der Waals surface area contributed by atoms with Crippen LogP contribution in [0.4, 0.5) is 17.1 Å². The van der Waals surface area contributed by atoms with E-state index in [0.717, 1.165) is 12.1 Å². The minimum atomic E-state index is -4.50. The van der Waals surface area contributed by atoms with Crippen LogP contribution in [0.3, 0.4) is 0 Å². The van der Waals surface area contributed by atoms with Crippen molar-refractivity contribution in [2.75, 3.05) is 10.9 Å². The third kappa shape index (κ3) is 4.71. The zero-order valence-electron chi connectivity index (χ0n) is 18.1. The smallest absolute Gasteiger partial charge is 0.279 e. The van der Waals surface area contributed by atoms with Gasteiger partial charge in [-0.05, 0) is 50.2 Å². The molecule has 11 nitrogen and oxygen atoms in total. The van der Waals surface area contributed by atoms with Gasteiger partial charge in [-0.3, -0.25) is 25.0 Å². The lowest BCUT2D eigenvalue weighted by molar-refractivity contribution is -0.395. The first kappa shape index (κ1) is 24.3. The highest BCUT2D eigenvalue weighted by atomic mass is 32.2. The van der Waals surface area contributed by atoms with Gasteiger partial charge in [0.25, 0.3) is 27.3 Å². The largest absolute Gasteiger partial charge is 0.494 e. The molecule has 0 spiro atoms. The lowest BCUT2D eigenvalue weighted by Crippen LogP contribution is -2.37. The number of carbonyl (C=O) groups is 1. The Balaban J connectivity index is 2.24. The molecule has 0 aliphatic heterocycles. The summed E-state index contributed by atoms with van der Waals surface area (Å²) in [4.78, 5) is 34.5. The van der Waals surface area contributed by atoms with Crippen LogP contribution in [0.1, 0.15) is 22.8 Å². The van der Waals surface area contributed by atoms with Crippen LogP contribution in [0.25, 0.3) is 0 Å². The molecule has 0 saturated heterocycles. The molecule has 0 aromatic heterocycles. The molecule has 0 aliphatic carbocycles. The standard InChI is InChI=1S/C22H19N3O8S/c1-3-33-18-11-9-17(10-12-18)23(34(31,32)19-7-5-4-6-8-19)22(26)16-13-20(24(27)28)15(2)21(14-16)25(29)30/h4-14H,3H2,1-2H3. The molecule has 3 rings (SSSR count).